The molecule has 0 spiro atoms. The highest BCUT2D eigenvalue weighted by atomic mass is 16.6. The monoisotopic (exact) mass is 398 g/mol. The summed E-state index contributed by atoms with van der Waals surface area (Å²) in [6.07, 6.45) is 2.76. The summed E-state index contributed by atoms with van der Waals surface area (Å²) in [5, 5.41) is 9.78. The number of likely N-dealkylation sites (N-methyl/N-ethyl adjacent to an activating group) is 2. The van der Waals surface area contributed by atoms with Crippen LogP contribution in [-0.2, 0) is 4.74 Å². The highest BCUT2D eigenvalue weighted by molar-refractivity contribution is 5.80. The van der Waals surface area contributed by atoms with Gasteiger partial charge in [-0.3, -0.25) is 9.89 Å². The first-order valence-electron chi connectivity index (χ1n) is 10.5. The van der Waals surface area contributed by atoms with Gasteiger partial charge in [-0.2, -0.15) is 0 Å². The highest BCUT2D eigenvalue weighted by Crippen LogP contribution is 2.07. The summed E-state index contributed by atoms with van der Waals surface area (Å²) in [7, 11) is 6.12. The molecule has 0 aromatic rings. The lowest BCUT2D eigenvalue weighted by atomic mass is 10.1. The minimum atomic E-state index is -0.493. The second-order valence-electron chi connectivity index (χ2n) is 8.72. The lowest BCUT2D eigenvalue weighted by Gasteiger charge is -2.38. The van der Waals surface area contributed by atoms with Gasteiger partial charge in [0.05, 0.1) is 0 Å². The predicted molar refractivity (Wildman–Crippen MR) is 116 cm³/mol. The number of carbonyl (C=O) groups excluding carboxylic acids is 1. The van der Waals surface area contributed by atoms with Gasteiger partial charge < -0.3 is 25.6 Å². The second kappa shape index (κ2) is 12.1. The van der Waals surface area contributed by atoms with E-state index in [0.29, 0.717) is 12.6 Å². The molecule has 28 heavy (non-hydrogen) atoms. The number of hydrogen-bond acceptors (Lipinski definition) is 5. The van der Waals surface area contributed by atoms with Crippen LogP contribution in [0.4, 0.5) is 4.79 Å². The fourth-order valence-electron chi connectivity index (χ4n) is 3.12. The zero-order valence-corrected chi connectivity index (χ0v) is 19.0. The number of amides is 1. The largest absolute Gasteiger partial charge is 0.444 e. The fraction of sp³-hybridized carbons (Fsp3) is 0.900. The maximum atomic E-state index is 12.0. The molecule has 8 heteroatoms. The number of rotatable bonds is 8. The topological polar surface area (TPSA) is 81.2 Å². The number of hydrogen-bond donors (Lipinski definition) is 3. The second-order valence-corrected chi connectivity index (χ2v) is 8.72. The maximum Gasteiger partial charge on any atom is 0.407 e. The Morgan fingerprint density at radius 1 is 1.25 bits per heavy atom. The number of carbonyl (C=O) groups is 1. The van der Waals surface area contributed by atoms with E-state index in [2.05, 4.69) is 51.8 Å². The highest BCUT2D eigenvalue weighted by Gasteiger charge is 2.23. The lowest BCUT2D eigenvalue weighted by molar-refractivity contribution is 0.0522. The standard InChI is InChI=1S/C20H42N6O2/c1-8-9-10-16(13-23-19(27)28-20(2,3)4)24-18(21-5)22-14-17-15-25(6)11-12-26(17)7/h16-17H,8-15H2,1-7H3,(H,23,27)(H2,21,22,24). The van der Waals surface area contributed by atoms with E-state index in [-0.39, 0.29) is 12.1 Å². The zero-order valence-electron chi connectivity index (χ0n) is 19.0. The van der Waals surface area contributed by atoms with Crippen molar-refractivity contribution in [2.24, 2.45) is 4.99 Å². The molecule has 164 valence electrons. The molecule has 1 aliphatic heterocycles. The van der Waals surface area contributed by atoms with Crippen molar-refractivity contribution in [3.05, 3.63) is 0 Å². The number of ether oxygens (including phenoxy) is 1. The number of unbranched alkanes of at least 4 members (excludes halogenated alkanes) is 1. The Hall–Kier alpha value is -1.54. The molecule has 8 nitrogen and oxygen atoms in total. The summed E-state index contributed by atoms with van der Waals surface area (Å²) in [6.45, 7) is 12.3. The van der Waals surface area contributed by atoms with E-state index in [1.54, 1.807) is 7.05 Å². The molecular formula is C20H42N6O2. The van der Waals surface area contributed by atoms with Crippen LogP contribution in [-0.4, -0.2) is 93.4 Å². The van der Waals surface area contributed by atoms with E-state index in [9.17, 15) is 4.79 Å². The Morgan fingerprint density at radius 3 is 2.57 bits per heavy atom. The van der Waals surface area contributed by atoms with Gasteiger partial charge >= 0.3 is 6.09 Å². The molecule has 1 fully saturated rings. The number of alkyl carbamates (subject to hydrolysis) is 1. The predicted octanol–water partition coefficient (Wildman–Crippen LogP) is 1.48. The van der Waals surface area contributed by atoms with Crippen molar-refractivity contribution >= 4 is 12.1 Å². The van der Waals surface area contributed by atoms with E-state index in [0.717, 1.165) is 51.4 Å². The molecule has 3 N–H and O–H groups in total. The van der Waals surface area contributed by atoms with Crippen LogP contribution in [0.5, 0.6) is 0 Å². The molecule has 0 aromatic heterocycles. The van der Waals surface area contributed by atoms with Crippen LogP contribution in [0.15, 0.2) is 4.99 Å². The third kappa shape index (κ3) is 10.1. The van der Waals surface area contributed by atoms with Crippen molar-refractivity contribution in [1.29, 1.82) is 0 Å². The molecule has 0 saturated carbocycles. The van der Waals surface area contributed by atoms with Gasteiger partial charge in [-0.05, 0) is 41.3 Å². The fourth-order valence-corrected chi connectivity index (χ4v) is 3.12. The van der Waals surface area contributed by atoms with Gasteiger partial charge in [0.2, 0.25) is 0 Å². The molecule has 0 aromatic carbocycles. The van der Waals surface area contributed by atoms with Gasteiger partial charge in [0.15, 0.2) is 5.96 Å². The summed E-state index contributed by atoms with van der Waals surface area (Å²) >= 11 is 0. The van der Waals surface area contributed by atoms with Crippen molar-refractivity contribution in [3.8, 4) is 0 Å². The number of piperazine rings is 1. The smallest absolute Gasteiger partial charge is 0.407 e. The van der Waals surface area contributed by atoms with Crippen LogP contribution >= 0.6 is 0 Å². The van der Waals surface area contributed by atoms with E-state index >= 15 is 0 Å². The van der Waals surface area contributed by atoms with Gasteiger partial charge in [0.1, 0.15) is 5.60 Å². The molecule has 0 aliphatic carbocycles. The minimum Gasteiger partial charge on any atom is -0.444 e. The molecular weight excluding hydrogens is 356 g/mol. The van der Waals surface area contributed by atoms with Crippen LogP contribution in [0.25, 0.3) is 0 Å². The molecule has 1 saturated heterocycles. The molecule has 1 aliphatic rings. The number of aliphatic imine (C=N–C) groups is 1. The third-order valence-corrected chi connectivity index (χ3v) is 4.85. The van der Waals surface area contributed by atoms with Crippen molar-refractivity contribution in [2.45, 2.75) is 64.6 Å². The Morgan fingerprint density at radius 2 is 1.96 bits per heavy atom. The van der Waals surface area contributed by atoms with E-state index in [1.165, 1.54) is 0 Å². The van der Waals surface area contributed by atoms with Crippen LogP contribution in [0, 0.1) is 0 Å². The molecule has 0 bridgehead atoms. The zero-order chi connectivity index (χ0) is 21.2. The summed E-state index contributed by atoms with van der Waals surface area (Å²) in [4.78, 5) is 21.1. The van der Waals surface area contributed by atoms with Crippen LogP contribution in [0.3, 0.4) is 0 Å². The first-order valence-corrected chi connectivity index (χ1v) is 10.5. The SMILES string of the molecule is CCCCC(CNC(=O)OC(C)(C)C)NC(=NC)NCC1CN(C)CCN1C. The Kier molecular flexibility index (Phi) is 10.6. The average molecular weight is 399 g/mol. The molecule has 1 rings (SSSR count). The van der Waals surface area contributed by atoms with Crippen LogP contribution < -0.4 is 16.0 Å². The average Bonchev–Trinajstić information content (AvgIpc) is 2.61. The first-order chi connectivity index (χ1) is 13.1. The molecule has 0 radical (unpaired) electrons. The van der Waals surface area contributed by atoms with Gasteiger partial charge in [0, 0.05) is 51.9 Å². The number of guanidine groups is 1. The molecule has 2 atom stereocenters. The summed E-state index contributed by atoms with van der Waals surface area (Å²) < 4.78 is 5.34. The summed E-state index contributed by atoms with van der Waals surface area (Å²) in [5.74, 6) is 0.772. The maximum absolute atomic E-state index is 12.0. The minimum absolute atomic E-state index is 0.102. The first kappa shape index (κ1) is 24.5. The van der Waals surface area contributed by atoms with E-state index in [1.807, 2.05) is 20.8 Å². The van der Waals surface area contributed by atoms with Crippen molar-refractivity contribution in [3.63, 3.8) is 0 Å². The van der Waals surface area contributed by atoms with Crippen LogP contribution in [0.2, 0.25) is 0 Å². The van der Waals surface area contributed by atoms with Crippen molar-refractivity contribution in [2.75, 3.05) is 53.9 Å². The quantitative estimate of drug-likeness (QED) is 0.424. The van der Waals surface area contributed by atoms with Crippen LogP contribution in [0.1, 0.15) is 47.0 Å². The van der Waals surface area contributed by atoms with Gasteiger partial charge in [-0.15, -0.1) is 0 Å². The Labute approximate surface area is 171 Å². The molecule has 2 unspecified atom stereocenters. The molecule has 1 amide bonds. The summed E-state index contributed by atoms with van der Waals surface area (Å²) in [6, 6.07) is 0.553. The molecule has 1 heterocycles. The summed E-state index contributed by atoms with van der Waals surface area (Å²) in [5.41, 5.74) is -0.493. The van der Waals surface area contributed by atoms with Crippen molar-refractivity contribution in [1.82, 2.24) is 25.8 Å². The normalized spacial score (nSPS) is 20.5. The van der Waals surface area contributed by atoms with Gasteiger partial charge in [-0.25, -0.2) is 4.79 Å². The third-order valence-electron chi connectivity index (χ3n) is 4.85. The Balaban J connectivity index is 2.53. The number of nitrogens with one attached hydrogen (secondary N) is 3. The Bertz CT molecular complexity index is 492. The lowest BCUT2D eigenvalue weighted by Crippen LogP contribution is -2.56. The van der Waals surface area contributed by atoms with Gasteiger partial charge in [-0.1, -0.05) is 19.8 Å². The van der Waals surface area contributed by atoms with Crippen molar-refractivity contribution < 1.29 is 9.53 Å². The van der Waals surface area contributed by atoms with E-state index in [4.69, 9.17) is 4.74 Å². The number of nitrogens with zero attached hydrogens (tertiary/aromatic N) is 3. The van der Waals surface area contributed by atoms with E-state index < -0.39 is 5.60 Å². The van der Waals surface area contributed by atoms with Gasteiger partial charge in [0.25, 0.3) is 0 Å².